The van der Waals surface area contributed by atoms with Gasteiger partial charge in [0.25, 0.3) is 0 Å². The van der Waals surface area contributed by atoms with Crippen molar-refractivity contribution in [2.24, 2.45) is 11.8 Å². The third-order valence-electron chi connectivity index (χ3n) is 11.6. The van der Waals surface area contributed by atoms with Crippen LogP contribution < -0.4 is 0 Å². The fraction of sp³-hybridized carbons (Fsp3) is 0.489. The number of carbonyl (C=O) groups excluding carboxylic acids is 1. The number of thiophene rings is 1. The van der Waals surface area contributed by atoms with Gasteiger partial charge in [0.2, 0.25) is 0 Å². The Kier molecular flexibility index (Phi) is 13.1. The number of aromatic nitrogens is 1. The molecular weight excluding hydrogens is 835 g/mol. The van der Waals surface area contributed by atoms with Crippen LogP contribution in [-0.2, 0) is 41.1 Å². The van der Waals surface area contributed by atoms with Crippen LogP contribution in [0, 0.1) is 24.8 Å². The molecule has 2 heterocycles. The van der Waals surface area contributed by atoms with Gasteiger partial charge < -0.3 is 5.11 Å². The standard InChI is InChI=1S/C34H36NS.C13H24O2.Ir/c1-20-17-26-28(34(7,8)15-14-33(26,5)6)31-27(20)24-13-16-35-29(30(24)36-31)22-18-21-11-9-10-12-23(21)25(19-22)32(2,3)4;1-5-10(6-2)12(14)9-13(15)11(7-3)8-4;/h9-13,16-17,19H,14-15H2,1-8H3;9-11,14H,5-8H2,1-4H3;/q-1;;/b;12-9-;. The molecule has 1 N–H and O–H groups in total. The number of carbonyl (C=O) groups is 1. The number of ketones is 1. The summed E-state index contributed by atoms with van der Waals surface area (Å²) in [6.45, 7) is 27.0. The molecule has 1 aliphatic carbocycles. The summed E-state index contributed by atoms with van der Waals surface area (Å²) in [5, 5.41) is 15.0. The normalized spacial score (nSPS) is 15.5. The zero-order chi connectivity index (χ0) is 37.5. The smallest absolute Gasteiger partial charge is 0.162 e. The first-order valence-corrected chi connectivity index (χ1v) is 20.1. The minimum absolute atomic E-state index is 0. The molecular formula is C47H60IrNO2S-. The van der Waals surface area contributed by atoms with Gasteiger partial charge in [0.15, 0.2) is 5.78 Å². The number of pyridine rings is 1. The van der Waals surface area contributed by atoms with Crippen LogP contribution in [0.25, 0.3) is 42.2 Å². The van der Waals surface area contributed by atoms with Gasteiger partial charge >= 0.3 is 0 Å². The number of benzene rings is 3. The van der Waals surface area contributed by atoms with Crippen molar-refractivity contribution >= 4 is 48.1 Å². The molecule has 2 aromatic heterocycles. The maximum Gasteiger partial charge on any atom is 0.162 e. The van der Waals surface area contributed by atoms with Crippen LogP contribution in [-0.4, -0.2) is 15.9 Å². The van der Waals surface area contributed by atoms with Crippen LogP contribution in [0.3, 0.4) is 0 Å². The van der Waals surface area contributed by atoms with E-state index in [1.54, 1.807) is 5.56 Å². The Bertz CT molecular complexity index is 2090. The number of hydrogen-bond donors (Lipinski definition) is 1. The molecule has 52 heavy (non-hydrogen) atoms. The second-order valence-electron chi connectivity index (χ2n) is 17.1. The molecule has 0 amide bonds. The van der Waals surface area contributed by atoms with Gasteiger partial charge in [-0.25, -0.2) is 0 Å². The van der Waals surface area contributed by atoms with E-state index >= 15 is 0 Å². The number of nitrogens with zero attached hydrogens (tertiary/aromatic N) is 1. The van der Waals surface area contributed by atoms with Gasteiger partial charge in [-0.15, -0.1) is 40.5 Å². The topological polar surface area (TPSA) is 50.2 Å². The van der Waals surface area contributed by atoms with Gasteiger partial charge in [-0.3, -0.25) is 9.78 Å². The van der Waals surface area contributed by atoms with Crippen molar-refractivity contribution < 1.29 is 30.0 Å². The molecule has 0 saturated heterocycles. The maximum absolute atomic E-state index is 11.7. The van der Waals surface area contributed by atoms with Gasteiger partial charge in [0, 0.05) is 64.7 Å². The van der Waals surface area contributed by atoms with Crippen molar-refractivity contribution in [2.75, 3.05) is 0 Å². The molecule has 0 bridgehead atoms. The fourth-order valence-corrected chi connectivity index (χ4v) is 9.72. The molecule has 5 aromatic rings. The molecule has 1 radical (unpaired) electrons. The van der Waals surface area contributed by atoms with Crippen LogP contribution in [0.2, 0.25) is 0 Å². The van der Waals surface area contributed by atoms with E-state index < -0.39 is 0 Å². The number of hydrogen-bond acceptors (Lipinski definition) is 4. The van der Waals surface area contributed by atoms with Gasteiger partial charge in [-0.1, -0.05) is 111 Å². The molecule has 3 nitrogen and oxygen atoms in total. The summed E-state index contributed by atoms with van der Waals surface area (Å²) in [6.07, 6.45) is 9.36. The van der Waals surface area contributed by atoms with Crippen LogP contribution >= 0.6 is 11.3 Å². The molecule has 3 aromatic carbocycles. The molecule has 1 aliphatic rings. The predicted molar refractivity (Wildman–Crippen MR) is 221 cm³/mol. The third-order valence-corrected chi connectivity index (χ3v) is 12.8. The Balaban J connectivity index is 0.000000323. The summed E-state index contributed by atoms with van der Waals surface area (Å²) in [7, 11) is 0. The fourth-order valence-electron chi connectivity index (χ4n) is 8.11. The number of aliphatic hydroxyl groups is 1. The SMILES string of the molecule is CCC(CC)C(=O)/C=C(\O)C(CC)CC.Cc1cc2c(c3sc4c(-c5[c-]c6ccccc6c(C(C)(C)C)c5)nccc4c13)C(C)(C)CCC2(C)C.[Ir]. The van der Waals surface area contributed by atoms with Crippen molar-refractivity contribution in [3.05, 3.63) is 88.8 Å². The van der Waals surface area contributed by atoms with Gasteiger partial charge in [0.05, 0.1) is 5.76 Å². The van der Waals surface area contributed by atoms with Crippen LogP contribution in [0.15, 0.2) is 60.5 Å². The van der Waals surface area contributed by atoms with Crippen molar-refractivity contribution in [3.8, 4) is 11.3 Å². The van der Waals surface area contributed by atoms with Crippen LogP contribution in [0.5, 0.6) is 0 Å². The maximum atomic E-state index is 11.7. The van der Waals surface area contributed by atoms with Gasteiger partial charge in [0.1, 0.15) is 0 Å². The summed E-state index contributed by atoms with van der Waals surface area (Å²) >= 11 is 1.95. The summed E-state index contributed by atoms with van der Waals surface area (Å²) in [4.78, 5) is 16.7. The average molecular weight is 895 g/mol. The Morgan fingerprint density at radius 1 is 0.904 bits per heavy atom. The molecule has 0 aliphatic heterocycles. The number of aliphatic hydroxyl groups excluding tert-OH is 1. The summed E-state index contributed by atoms with van der Waals surface area (Å²) < 4.78 is 2.75. The van der Waals surface area contributed by atoms with E-state index in [4.69, 9.17) is 4.98 Å². The Hall–Kier alpha value is -2.85. The quantitative estimate of drug-likeness (QED) is 0.0959. The molecule has 0 atom stereocenters. The molecule has 0 unspecified atom stereocenters. The minimum Gasteiger partial charge on any atom is -0.512 e. The predicted octanol–water partition coefficient (Wildman–Crippen LogP) is 13.9. The number of allylic oxidation sites excluding steroid dienone is 2. The minimum atomic E-state index is 0. The van der Waals surface area contributed by atoms with E-state index in [9.17, 15) is 9.90 Å². The van der Waals surface area contributed by atoms with E-state index in [2.05, 4.69) is 104 Å². The van der Waals surface area contributed by atoms with Gasteiger partial charge in [-0.05, 0) is 89.8 Å². The largest absolute Gasteiger partial charge is 0.512 e. The summed E-state index contributed by atoms with van der Waals surface area (Å²) in [6, 6.07) is 19.4. The molecule has 0 saturated carbocycles. The van der Waals surface area contributed by atoms with Crippen molar-refractivity contribution in [1.29, 1.82) is 0 Å². The van der Waals surface area contributed by atoms with E-state index in [-0.39, 0.29) is 59.7 Å². The average Bonchev–Trinajstić information content (AvgIpc) is 3.47. The van der Waals surface area contributed by atoms with Crippen LogP contribution in [0.4, 0.5) is 0 Å². The van der Waals surface area contributed by atoms with E-state index in [0.717, 1.165) is 42.3 Å². The Morgan fingerprint density at radius 2 is 1.52 bits per heavy atom. The third kappa shape index (κ3) is 8.13. The van der Waals surface area contributed by atoms with E-state index in [1.807, 2.05) is 45.2 Å². The number of aryl methyl sites for hydroxylation is 1. The second kappa shape index (κ2) is 16.3. The molecule has 6 rings (SSSR count). The Morgan fingerprint density at radius 3 is 2.13 bits per heavy atom. The summed E-state index contributed by atoms with van der Waals surface area (Å²) in [5.41, 5.74) is 8.39. The van der Waals surface area contributed by atoms with Crippen molar-refractivity contribution in [2.45, 2.75) is 138 Å². The van der Waals surface area contributed by atoms with Crippen LogP contribution in [0.1, 0.15) is 137 Å². The first kappa shape index (κ1) is 41.9. The first-order chi connectivity index (χ1) is 24.0. The summed E-state index contributed by atoms with van der Waals surface area (Å²) in [5.74, 6) is 0.547. The van der Waals surface area contributed by atoms with Crippen molar-refractivity contribution in [3.63, 3.8) is 0 Å². The number of rotatable bonds is 8. The first-order valence-electron chi connectivity index (χ1n) is 19.2. The van der Waals surface area contributed by atoms with Crippen molar-refractivity contribution in [1.82, 2.24) is 4.98 Å². The van der Waals surface area contributed by atoms with E-state index in [0.29, 0.717) is 0 Å². The molecule has 281 valence electrons. The Labute approximate surface area is 331 Å². The monoisotopic (exact) mass is 895 g/mol. The molecule has 0 fully saturated rings. The molecule has 5 heteroatoms. The van der Waals surface area contributed by atoms with E-state index in [1.165, 1.54) is 61.2 Å². The zero-order valence-corrected chi connectivity index (χ0v) is 36.8. The van der Waals surface area contributed by atoms with Gasteiger partial charge in [-0.2, -0.15) is 0 Å². The number of fused-ring (bicyclic) bond motifs is 6. The zero-order valence-electron chi connectivity index (χ0n) is 33.6. The molecule has 0 spiro atoms. The second-order valence-corrected chi connectivity index (χ2v) is 18.1.